The minimum Gasteiger partial charge on any atom is -0.486 e. The molecule has 0 radical (unpaired) electrons. The van der Waals surface area contributed by atoms with E-state index in [1.807, 2.05) is 18.2 Å². The second kappa shape index (κ2) is 6.80. The Bertz CT molecular complexity index is 801. The molecule has 25 heavy (non-hydrogen) atoms. The molecule has 2 aromatic carbocycles. The Morgan fingerprint density at radius 3 is 2.32 bits per heavy atom. The van der Waals surface area contributed by atoms with Gasteiger partial charge in [-0.2, -0.15) is 0 Å². The Hall–Kier alpha value is -2.47. The topological polar surface area (TPSA) is 55.8 Å². The molecule has 128 valence electrons. The van der Waals surface area contributed by atoms with Crippen molar-refractivity contribution in [3.05, 3.63) is 53.6 Å². The molecule has 4 rings (SSSR count). The van der Waals surface area contributed by atoms with Crippen LogP contribution in [0.3, 0.4) is 0 Å². The minimum absolute atomic E-state index is 0.190. The molecular weight excluding hydrogens is 338 g/mol. The highest BCUT2D eigenvalue weighted by atomic mass is 32.2. The number of ether oxygens (including phenoxy) is 2. The molecule has 0 saturated heterocycles. The van der Waals surface area contributed by atoms with E-state index in [9.17, 15) is 9.59 Å². The van der Waals surface area contributed by atoms with Gasteiger partial charge in [-0.25, -0.2) is 0 Å². The predicted molar refractivity (Wildman–Crippen MR) is 94.6 cm³/mol. The molecule has 2 aliphatic rings. The van der Waals surface area contributed by atoms with Crippen molar-refractivity contribution in [2.45, 2.75) is 11.3 Å². The van der Waals surface area contributed by atoms with E-state index in [-0.39, 0.29) is 11.8 Å². The summed E-state index contributed by atoms with van der Waals surface area (Å²) in [6, 6.07) is 12.9. The Labute approximate surface area is 149 Å². The summed E-state index contributed by atoms with van der Waals surface area (Å²) in [4.78, 5) is 27.0. The van der Waals surface area contributed by atoms with Gasteiger partial charge in [-0.1, -0.05) is 12.1 Å². The highest BCUT2D eigenvalue weighted by Gasteiger charge is 2.34. The zero-order valence-electron chi connectivity index (χ0n) is 13.6. The lowest BCUT2D eigenvalue weighted by molar-refractivity contribution is 0.0655. The predicted octanol–water partition coefficient (Wildman–Crippen LogP) is 3.24. The van der Waals surface area contributed by atoms with Gasteiger partial charge in [0.15, 0.2) is 11.5 Å². The maximum atomic E-state index is 12.3. The first-order valence-electron chi connectivity index (χ1n) is 8.22. The van der Waals surface area contributed by atoms with Gasteiger partial charge in [0.2, 0.25) is 0 Å². The zero-order chi connectivity index (χ0) is 17.2. The van der Waals surface area contributed by atoms with E-state index in [2.05, 4.69) is 0 Å². The molecule has 2 aromatic rings. The van der Waals surface area contributed by atoms with Crippen LogP contribution in [0.25, 0.3) is 0 Å². The summed E-state index contributed by atoms with van der Waals surface area (Å²) in [6.45, 7) is 1.59. The van der Waals surface area contributed by atoms with Gasteiger partial charge in [0.1, 0.15) is 13.2 Å². The number of carbonyl (C=O) groups is 2. The van der Waals surface area contributed by atoms with E-state index in [0.717, 1.165) is 28.6 Å². The number of nitrogens with zero attached hydrogens (tertiary/aromatic N) is 1. The third kappa shape index (κ3) is 3.09. The fourth-order valence-corrected chi connectivity index (χ4v) is 3.83. The van der Waals surface area contributed by atoms with Crippen LogP contribution in [-0.2, 0) is 0 Å². The van der Waals surface area contributed by atoms with Crippen LogP contribution >= 0.6 is 11.8 Å². The lowest BCUT2D eigenvalue weighted by atomic mass is 10.1. The van der Waals surface area contributed by atoms with Crippen LogP contribution in [0, 0.1) is 0 Å². The summed E-state index contributed by atoms with van der Waals surface area (Å²) in [5.41, 5.74) is 1.01. The molecule has 5 nitrogen and oxygen atoms in total. The second-order valence-corrected chi connectivity index (χ2v) is 6.98. The summed E-state index contributed by atoms with van der Waals surface area (Å²) < 4.78 is 11.1. The van der Waals surface area contributed by atoms with Crippen molar-refractivity contribution in [1.29, 1.82) is 0 Å². The number of hydrogen-bond donors (Lipinski definition) is 0. The SMILES string of the molecule is O=C1c2ccccc2C(=O)N1CCCSc1ccc2c(c1)OCCO2. The first kappa shape index (κ1) is 16.0. The van der Waals surface area contributed by atoms with E-state index < -0.39 is 0 Å². The smallest absolute Gasteiger partial charge is 0.261 e. The summed E-state index contributed by atoms with van der Waals surface area (Å²) in [6.07, 6.45) is 0.741. The number of rotatable bonds is 5. The Kier molecular flexibility index (Phi) is 4.36. The normalized spacial score (nSPS) is 15.4. The summed E-state index contributed by atoms with van der Waals surface area (Å²) >= 11 is 1.68. The molecule has 2 aliphatic heterocycles. The molecule has 0 N–H and O–H groups in total. The third-order valence-corrected chi connectivity index (χ3v) is 5.27. The molecule has 2 heterocycles. The third-order valence-electron chi connectivity index (χ3n) is 4.19. The molecule has 0 aliphatic carbocycles. The van der Waals surface area contributed by atoms with Crippen LogP contribution in [0.5, 0.6) is 11.5 Å². The van der Waals surface area contributed by atoms with E-state index in [1.165, 1.54) is 4.90 Å². The lowest BCUT2D eigenvalue weighted by Gasteiger charge is -2.18. The first-order valence-corrected chi connectivity index (χ1v) is 9.20. The van der Waals surface area contributed by atoms with Gasteiger partial charge < -0.3 is 9.47 Å². The molecule has 0 aromatic heterocycles. The van der Waals surface area contributed by atoms with Crippen molar-refractivity contribution in [1.82, 2.24) is 4.90 Å². The maximum absolute atomic E-state index is 12.3. The van der Waals surface area contributed by atoms with Crippen LogP contribution in [0.2, 0.25) is 0 Å². The van der Waals surface area contributed by atoms with E-state index in [0.29, 0.717) is 30.9 Å². The van der Waals surface area contributed by atoms with Crippen molar-refractivity contribution in [2.24, 2.45) is 0 Å². The number of hydrogen-bond acceptors (Lipinski definition) is 5. The first-order chi connectivity index (χ1) is 12.2. The number of amides is 2. The lowest BCUT2D eigenvalue weighted by Crippen LogP contribution is -2.30. The quantitative estimate of drug-likeness (QED) is 0.468. The standard InChI is InChI=1S/C19H17NO4S/c21-18-14-4-1-2-5-15(14)19(22)20(18)8-3-11-25-13-6-7-16-17(12-13)24-10-9-23-16/h1-2,4-7,12H,3,8-11H2. The van der Waals surface area contributed by atoms with Crippen molar-refractivity contribution >= 4 is 23.6 Å². The molecule has 0 saturated carbocycles. The van der Waals surface area contributed by atoms with E-state index >= 15 is 0 Å². The average Bonchev–Trinajstić information content (AvgIpc) is 2.90. The fourth-order valence-electron chi connectivity index (χ4n) is 2.97. The van der Waals surface area contributed by atoms with Gasteiger partial charge in [0.25, 0.3) is 11.8 Å². The number of fused-ring (bicyclic) bond motifs is 2. The fraction of sp³-hybridized carbons (Fsp3) is 0.263. The number of thioether (sulfide) groups is 1. The number of benzene rings is 2. The number of carbonyl (C=O) groups excluding carboxylic acids is 2. The summed E-state index contributed by atoms with van der Waals surface area (Å²) in [5.74, 6) is 1.99. The molecule has 0 atom stereocenters. The van der Waals surface area contributed by atoms with Crippen LogP contribution in [0.1, 0.15) is 27.1 Å². The summed E-state index contributed by atoms with van der Waals surface area (Å²) in [7, 11) is 0. The van der Waals surface area contributed by atoms with Gasteiger partial charge >= 0.3 is 0 Å². The van der Waals surface area contributed by atoms with Crippen molar-refractivity contribution in [2.75, 3.05) is 25.5 Å². The van der Waals surface area contributed by atoms with Crippen LogP contribution in [-0.4, -0.2) is 42.2 Å². The van der Waals surface area contributed by atoms with E-state index in [1.54, 1.807) is 36.0 Å². The van der Waals surface area contributed by atoms with Gasteiger partial charge in [0, 0.05) is 11.4 Å². The highest BCUT2D eigenvalue weighted by Crippen LogP contribution is 2.34. The molecule has 0 unspecified atom stereocenters. The highest BCUT2D eigenvalue weighted by molar-refractivity contribution is 7.99. The van der Waals surface area contributed by atoms with Crippen molar-refractivity contribution in [3.63, 3.8) is 0 Å². The summed E-state index contributed by atoms with van der Waals surface area (Å²) in [5, 5.41) is 0. The molecule has 0 bridgehead atoms. The van der Waals surface area contributed by atoms with Crippen molar-refractivity contribution in [3.8, 4) is 11.5 Å². The van der Waals surface area contributed by atoms with Crippen LogP contribution in [0.15, 0.2) is 47.4 Å². The molecule has 0 fully saturated rings. The van der Waals surface area contributed by atoms with Crippen molar-refractivity contribution < 1.29 is 19.1 Å². The van der Waals surface area contributed by atoms with Crippen LogP contribution in [0.4, 0.5) is 0 Å². The minimum atomic E-state index is -0.190. The average molecular weight is 355 g/mol. The molecular formula is C19H17NO4S. The molecule has 6 heteroatoms. The zero-order valence-corrected chi connectivity index (χ0v) is 14.4. The molecule has 0 spiro atoms. The second-order valence-electron chi connectivity index (χ2n) is 5.82. The Morgan fingerprint density at radius 2 is 1.60 bits per heavy atom. The molecule has 2 amide bonds. The monoisotopic (exact) mass is 355 g/mol. The van der Waals surface area contributed by atoms with E-state index in [4.69, 9.17) is 9.47 Å². The number of imide groups is 1. The van der Waals surface area contributed by atoms with Crippen LogP contribution < -0.4 is 9.47 Å². The van der Waals surface area contributed by atoms with Gasteiger partial charge in [-0.3, -0.25) is 14.5 Å². The van der Waals surface area contributed by atoms with Gasteiger partial charge in [0.05, 0.1) is 11.1 Å². The Balaban J connectivity index is 1.32. The van der Waals surface area contributed by atoms with Gasteiger partial charge in [-0.15, -0.1) is 11.8 Å². The van der Waals surface area contributed by atoms with Gasteiger partial charge in [-0.05, 0) is 42.5 Å². The Morgan fingerprint density at radius 1 is 0.920 bits per heavy atom. The maximum Gasteiger partial charge on any atom is 0.261 e. The largest absolute Gasteiger partial charge is 0.486 e.